The molecular weight excluding hydrogens is 406 g/mol. The predicted molar refractivity (Wildman–Crippen MR) is 113 cm³/mol. The SMILES string of the molecule is CCCc1nc2ccc(Br)cc2c(=O)n1N=Cc1cccc(OC(C)C)c1. The molecule has 0 fully saturated rings. The Kier molecular flexibility index (Phi) is 6.06. The zero-order valence-corrected chi connectivity index (χ0v) is 17.2. The number of nitrogens with zero attached hydrogens (tertiary/aromatic N) is 3. The summed E-state index contributed by atoms with van der Waals surface area (Å²) in [5, 5.41) is 4.98. The number of ether oxygens (including phenoxy) is 1. The Hall–Kier alpha value is -2.47. The van der Waals surface area contributed by atoms with E-state index in [9.17, 15) is 4.79 Å². The summed E-state index contributed by atoms with van der Waals surface area (Å²) >= 11 is 3.42. The highest BCUT2D eigenvalue weighted by molar-refractivity contribution is 9.10. The molecule has 6 heteroatoms. The Labute approximate surface area is 166 Å². The lowest BCUT2D eigenvalue weighted by Crippen LogP contribution is -2.22. The number of aromatic nitrogens is 2. The van der Waals surface area contributed by atoms with E-state index in [2.05, 4.69) is 32.9 Å². The first kappa shape index (κ1) is 19.3. The second-order valence-electron chi connectivity index (χ2n) is 6.54. The van der Waals surface area contributed by atoms with Crippen molar-refractivity contribution >= 4 is 33.0 Å². The van der Waals surface area contributed by atoms with Crippen LogP contribution in [0, 0.1) is 0 Å². The minimum Gasteiger partial charge on any atom is -0.491 e. The van der Waals surface area contributed by atoms with E-state index in [0.717, 1.165) is 22.2 Å². The topological polar surface area (TPSA) is 56.5 Å². The van der Waals surface area contributed by atoms with Crippen LogP contribution in [0.25, 0.3) is 10.9 Å². The molecule has 1 heterocycles. The molecule has 0 bridgehead atoms. The Balaban J connectivity index is 2.05. The monoisotopic (exact) mass is 427 g/mol. The number of fused-ring (bicyclic) bond motifs is 1. The van der Waals surface area contributed by atoms with Gasteiger partial charge in [0.05, 0.1) is 23.2 Å². The van der Waals surface area contributed by atoms with Crippen molar-refractivity contribution in [3.8, 4) is 5.75 Å². The van der Waals surface area contributed by atoms with Gasteiger partial charge in [-0.1, -0.05) is 35.0 Å². The standard InChI is InChI=1S/C21H22BrN3O2/c1-4-6-20-24-19-10-9-16(22)12-18(19)21(26)25(20)23-13-15-7-5-8-17(11-15)27-14(2)3/h5,7-14H,4,6H2,1-3H3. The number of hydrogen-bond acceptors (Lipinski definition) is 4. The molecule has 0 saturated heterocycles. The maximum Gasteiger partial charge on any atom is 0.282 e. The van der Waals surface area contributed by atoms with Crippen LogP contribution in [0.3, 0.4) is 0 Å². The van der Waals surface area contributed by atoms with Gasteiger partial charge in [0.25, 0.3) is 5.56 Å². The van der Waals surface area contributed by atoms with Crippen molar-refractivity contribution in [3.63, 3.8) is 0 Å². The largest absolute Gasteiger partial charge is 0.491 e. The van der Waals surface area contributed by atoms with Crippen molar-refractivity contribution in [2.45, 2.75) is 39.7 Å². The lowest BCUT2D eigenvalue weighted by atomic mass is 10.2. The molecule has 140 valence electrons. The second kappa shape index (κ2) is 8.48. The third-order valence-corrected chi connectivity index (χ3v) is 4.39. The first-order chi connectivity index (χ1) is 13.0. The minimum absolute atomic E-state index is 0.0964. The van der Waals surface area contributed by atoms with Crippen molar-refractivity contribution in [1.29, 1.82) is 0 Å². The van der Waals surface area contributed by atoms with Gasteiger partial charge in [0, 0.05) is 10.9 Å². The summed E-state index contributed by atoms with van der Waals surface area (Å²) in [7, 11) is 0. The Morgan fingerprint density at radius 3 is 2.81 bits per heavy atom. The molecule has 0 amide bonds. The molecule has 0 aliphatic rings. The lowest BCUT2D eigenvalue weighted by Gasteiger charge is -2.10. The quantitative estimate of drug-likeness (QED) is 0.531. The molecule has 0 saturated carbocycles. The molecule has 2 aromatic carbocycles. The van der Waals surface area contributed by atoms with Gasteiger partial charge in [-0.25, -0.2) is 4.98 Å². The predicted octanol–water partition coefficient (Wildman–Crippen LogP) is 4.78. The highest BCUT2D eigenvalue weighted by Gasteiger charge is 2.10. The Bertz CT molecular complexity index is 1040. The first-order valence-corrected chi connectivity index (χ1v) is 9.79. The maximum atomic E-state index is 13.0. The smallest absolute Gasteiger partial charge is 0.282 e. The molecule has 27 heavy (non-hydrogen) atoms. The summed E-state index contributed by atoms with van der Waals surface area (Å²) in [6.07, 6.45) is 3.31. The molecule has 0 atom stereocenters. The van der Waals surface area contributed by atoms with Crippen molar-refractivity contribution in [2.24, 2.45) is 5.10 Å². The first-order valence-electron chi connectivity index (χ1n) is 9.00. The molecule has 0 spiro atoms. The van der Waals surface area contributed by atoms with Crippen LogP contribution >= 0.6 is 15.9 Å². The average Bonchev–Trinajstić information content (AvgIpc) is 2.62. The Morgan fingerprint density at radius 2 is 2.07 bits per heavy atom. The van der Waals surface area contributed by atoms with Gasteiger partial charge in [-0.15, -0.1) is 0 Å². The summed E-state index contributed by atoms with van der Waals surface area (Å²) in [5.74, 6) is 1.43. The third kappa shape index (κ3) is 4.63. The fraction of sp³-hybridized carbons (Fsp3) is 0.286. The van der Waals surface area contributed by atoms with E-state index >= 15 is 0 Å². The van der Waals surface area contributed by atoms with Gasteiger partial charge < -0.3 is 4.74 Å². The molecule has 0 aliphatic carbocycles. The molecule has 3 aromatic rings. The fourth-order valence-electron chi connectivity index (χ4n) is 2.76. The van der Waals surface area contributed by atoms with Gasteiger partial charge in [0.2, 0.25) is 0 Å². The molecule has 1 aromatic heterocycles. The number of halogens is 1. The number of aryl methyl sites for hydroxylation is 1. The van der Waals surface area contributed by atoms with Crippen LogP contribution in [0.2, 0.25) is 0 Å². The second-order valence-corrected chi connectivity index (χ2v) is 7.46. The van der Waals surface area contributed by atoms with Crippen molar-refractivity contribution in [1.82, 2.24) is 9.66 Å². The normalized spacial score (nSPS) is 11.6. The van der Waals surface area contributed by atoms with Gasteiger partial charge >= 0.3 is 0 Å². The lowest BCUT2D eigenvalue weighted by molar-refractivity contribution is 0.242. The molecule has 3 rings (SSSR count). The summed E-state index contributed by atoms with van der Waals surface area (Å²) in [5.41, 5.74) is 1.37. The summed E-state index contributed by atoms with van der Waals surface area (Å²) < 4.78 is 7.95. The van der Waals surface area contributed by atoms with Crippen molar-refractivity contribution in [3.05, 3.63) is 68.7 Å². The molecule has 0 radical (unpaired) electrons. The van der Waals surface area contributed by atoms with E-state index < -0.39 is 0 Å². The van der Waals surface area contributed by atoms with E-state index in [1.54, 1.807) is 12.3 Å². The van der Waals surface area contributed by atoms with Crippen molar-refractivity contribution < 1.29 is 4.74 Å². The molecular formula is C21H22BrN3O2. The van der Waals surface area contributed by atoms with Crippen LogP contribution < -0.4 is 10.3 Å². The zero-order valence-electron chi connectivity index (χ0n) is 15.6. The summed E-state index contributed by atoms with van der Waals surface area (Å²) in [6, 6.07) is 13.2. The van der Waals surface area contributed by atoms with E-state index in [1.165, 1.54) is 4.68 Å². The van der Waals surface area contributed by atoms with Gasteiger partial charge in [0.1, 0.15) is 11.6 Å². The van der Waals surface area contributed by atoms with E-state index in [1.807, 2.05) is 50.2 Å². The summed E-state index contributed by atoms with van der Waals surface area (Å²) in [6.45, 7) is 6.02. The number of rotatable bonds is 6. The Morgan fingerprint density at radius 1 is 1.26 bits per heavy atom. The minimum atomic E-state index is -0.171. The molecule has 0 aliphatic heterocycles. The highest BCUT2D eigenvalue weighted by Crippen LogP contribution is 2.17. The zero-order chi connectivity index (χ0) is 19.4. The van der Waals surface area contributed by atoms with Gasteiger partial charge in [-0.2, -0.15) is 9.78 Å². The average molecular weight is 428 g/mol. The van der Waals surface area contributed by atoms with Crippen LogP contribution in [0.1, 0.15) is 38.6 Å². The molecule has 0 N–H and O–H groups in total. The van der Waals surface area contributed by atoms with Crippen molar-refractivity contribution in [2.75, 3.05) is 0 Å². The van der Waals surface area contributed by atoms with E-state index in [-0.39, 0.29) is 11.7 Å². The molecule has 0 unspecified atom stereocenters. The third-order valence-electron chi connectivity index (χ3n) is 3.90. The van der Waals surface area contributed by atoms with Crippen LogP contribution in [-0.4, -0.2) is 22.0 Å². The van der Waals surface area contributed by atoms with Crippen LogP contribution in [0.4, 0.5) is 0 Å². The van der Waals surface area contributed by atoms with Crippen LogP contribution in [-0.2, 0) is 6.42 Å². The van der Waals surface area contributed by atoms with Crippen LogP contribution in [0.15, 0.2) is 56.8 Å². The highest BCUT2D eigenvalue weighted by atomic mass is 79.9. The number of hydrogen-bond donors (Lipinski definition) is 0. The number of benzene rings is 2. The van der Waals surface area contributed by atoms with Gasteiger partial charge in [-0.05, 0) is 56.2 Å². The fourth-order valence-corrected chi connectivity index (χ4v) is 3.13. The van der Waals surface area contributed by atoms with Crippen LogP contribution in [0.5, 0.6) is 5.75 Å². The van der Waals surface area contributed by atoms with E-state index in [0.29, 0.717) is 23.1 Å². The molecule has 5 nitrogen and oxygen atoms in total. The van der Waals surface area contributed by atoms with Gasteiger partial charge in [-0.3, -0.25) is 4.79 Å². The van der Waals surface area contributed by atoms with E-state index in [4.69, 9.17) is 4.74 Å². The summed E-state index contributed by atoms with van der Waals surface area (Å²) in [4.78, 5) is 17.6. The maximum absolute atomic E-state index is 13.0. The van der Waals surface area contributed by atoms with Gasteiger partial charge in [0.15, 0.2) is 0 Å².